The van der Waals surface area contributed by atoms with E-state index in [4.69, 9.17) is 23.2 Å². The van der Waals surface area contributed by atoms with Gasteiger partial charge in [-0.15, -0.1) is 0 Å². The molecule has 33 heavy (non-hydrogen) atoms. The van der Waals surface area contributed by atoms with Crippen molar-refractivity contribution in [2.24, 2.45) is 0 Å². The van der Waals surface area contributed by atoms with Crippen LogP contribution in [0.25, 0.3) is 0 Å². The smallest absolute Gasteiger partial charge is 0.254 e. The van der Waals surface area contributed by atoms with Crippen molar-refractivity contribution in [1.82, 2.24) is 9.80 Å². The largest absolute Gasteiger partial charge is 0.385 e. The number of nitrogens with one attached hydrogen (secondary N) is 1. The molecule has 0 aliphatic carbocycles. The van der Waals surface area contributed by atoms with Gasteiger partial charge in [-0.05, 0) is 53.9 Å². The molecule has 0 fully saturated rings. The zero-order chi connectivity index (χ0) is 23.2. The number of anilines is 1. The Morgan fingerprint density at radius 1 is 0.939 bits per heavy atom. The molecule has 1 heterocycles. The molecule has 0 unspecified atom stereocenters. The third-order valence-corrected chi connectivity index (χ3v) is 7.02. The van der Waals surface area contributed by atoms with E-state index >= 15 is 0 Å². The quantitative estimate of drug-likeness (QED) is 0.396. The Hall–Kier alpha value is -2.05. The van der Waals surface area contributed by atoms with Gasteiger partial charge in [-0.1, -0.05) is 69.5 Å². The topological polar surface area (TPSA) is 35.6 Å². The van der Waals surface area contributed by atoms with Crippen molar-refractivity contribution in [2.75, 3.05) is 31.5 Å². The van der Waals surface area contributed by atoms with Gasteiger partial charge >= 0.3 is 0 Å². The van der Waals surface area contributed by atoms with E-state index in [0.717, 1.165) is 48.3 Å². The average Bonchev–Trinajstić information content (AvgIpc) is 2.85. The Morgan fingerprint density at radius 2 is 1.76 bits per heavy atom. The third-order valence-electron chi connectivity index (χ3n) is 5.78. The Balaban J connectivity index is 1.61. The first-order valence-corrected chi connectivity index (χ1v) is 12.6. The maximum atomic E-state index is 13.5. The number of fused-ring (bicyclic) bond motifs is 1. The van der Waals surface area contributed by atoms with Gasteiger partial charge in [-0.2, -0.15) is 0 Å². The van der Waals surface area contributed by atoms with Crippen LogP contribution in [0.3, 0.4) is 0 Å². The van der Waals surface area contributed by atoms with Crippen LogP contribution >= 0.6 is 39.1 Å². The fraction of sp³-hybridized carbons (Fsp3) is 0.269. The van der Waals surface area contributed by atoms with E-state index in [-0.39, 0.29) is 5.91 Å². The van der Waals surface area contributed by atoms with Crippen LogP contribution < -0.4 is 5.32 Å². The predicted octanol–water partition coefficient (Wildman–Crippen LogP) is 6.72. The molecule has 3 aromatic carbocycles. The highest BCUT2D eigenvalue weighted by molar-refractivity contribution is 9.10. The third kappa shape index (κ3) is 6.51. The van der Waals surface area contributed by atoms with Gasteiger partial charge in [0.15, 0.2) is 0 Å². The van der Waals surface area contributed by atoms with Crippen LogP contribution in [0.5, 0.6) is 0 Å². The minimum atomic E-state index is -0.0570. The van der Waals surface area contributed by atoms with Crippen LogP contribution in [0.15, 0.2) is 71.2 Å². The van der Waals surface area contributed by atoms with Gasteiger partial charge in [0.25, 0.3) is 5.91 Å². The summed E-state index contributed by atoms with van der Waals surface area (Å²) < 4.78 is 0.991. The van der Waals surface area contributed by atoms with E-state index in [1.165, 1.54) is 5.56 Å². The molecule has 4 rings (SSSR count). The normalized spacial score (nSPS) is 15.3. The second-order valence-corrected chi connectivity index (χ2v) is 9.93. The van der Waals surface area contributed by atoms with Gasteiger partial charge in [0.1, 0.15) is 0 Å². The van der Waals surface area contributed by atoms with Crippen LogP contribution in [0, 0.1) is 0 Å². The monoisotopic (exact) mass is 545 g/mol. The van der Waals surface area contributed by atoms with E-state index in [0.29, 0.717) is 28.7 Å². The molecular weight excluding hydrogens is 521 g/mol. The molecular formula is C26H26BrCl2N3O. The number of amides is 1. The van der Waals surface area contributed by atoms with Crippen LogP contribution in [0.4, 0.5) is 5.69 Å². The molecule has 0 saturated carbocycles. The van der Waals surface area contributed by atoms with Crippen molar-refractivity contribution in [3.8, 4) is 0 Å². The fourth-order valence-electron chi connectivity index (χ4n) is 4.03. The van der Waals surface area contributed by atoms with Gasteiger partial charge in [0.05, 0.1) is 10.0 Å². The Bertz CT molecular complexity index is 1110. The number of carbonyl (C=O) groups is 1. The number of halogens is 3. The Morgan fingerprint density at radius 3 is 2.55 bits per heavy atom. The number of carbonyl (C=O) groups excluding carboxylic acids is 1. The molecule has 0 atom stereocenters. The molecule has 1 N–H and O–H groups in total. The second-order valence-electron chi connectivity index (χ2n) is 8.20. The number of rotatable bonds is 3. The van der Waals surface area contributed by atoms with E-state index in [1.807, 2.05) is 17.0 Å². The highest BCUT2D eigenvalue weighted by Gasteiger charge is 2.21. The summed E-state index contributed by atoms with van der Waals surface area (Å²) in [5, 5.41) is 4.39. The highest BCUT2D eigenvalue weighted by Crippen LogP contribution is 2.26. The molecule has 172 valence electrons. The molecule has 0 bridgehead atoms. The molecule has 1 aliphatic heterocycles. The maximum Gasteiger partial charge on any atom is 0.254 e. The molecule has 4 nitrogen and oxygen atoms in total. The van der Waals surface area contributed by atoms with Gasteiger partial charge < -0.3 is 10.2 Å². The lowest BCUT2D eigenvalue weighted by Crippen LogP contribution is -2.38. The lowest BCUT2D eigenvalue weighted by atomic mass is 10.1. The summed E-state index contributed by atoms with van der Waals surface area (Å²) in [4.78, 5) is 17.9. The van der Waals surface area contributed by atoms with E-state index in [9.17, 15) is 4.79 Å². The van der Waals surface area contributed by atoms with Gasteiger partial charge in [0, 0.05) is 55.0 Å². The van der Waals surface area contributed by atoms with Gasteiger partial charge in [-0.3, -0.25) is 9.69 Å². The van der Waals surface area contributed by atoms with Crippen molar-refractivity contribution in [3.63, 3.8) is 0 Å². The predicted molar refractivity (Wildman–Crippen MR) is 140 cm³/mol. The first-order chi connectivity index (χ1) is 16.0. The van der Waals surface area contributed by atoms with Crippen molar-refractivity contribution >= 4 is 50.7 Å². The standard InChI is InChI=1S/C26H26BrCl2N3O/c27-22-8-10-25-21(15-22)18-32(26(33)20-7-9-23(28)24(29)16-20)14-13-31(12-4-11-30-25)17-19-5-2-1-3-6-19/h1-3,5-10,15-16,30H,4,11-14,17-18H2. The van der Waals surface area contributed by atoms with Crippen molar-refractivity contribution in [2.45, 2.75) is 19.5 Å². The average molecular weight is 547 g/mol. The first kappa shape index (κ1) is 24.1. The summed E-state index contributed by atoms with van der Waals surface area (Å²) >= 11 is 15.9. The zero-order valence-electron chi connectivity index (χ0n) is 18.2. The summed E-state index contributed by atoms with van der Waals surface area (Å²) in [6.45, 7) is 4.57. The van der Waals surface area contributed by atoms with E-state index in [2.05, 4.69) is 62.5 Å². The molecule has 0 aromatic heterocycles. The SMILES string of the molecule is O=C(c1ccc(Cl)c(Cl)c1)N1CCN(Cc2ccccc2)CCCNc2ccc(Br)cc2C1. The molecule has 7 heteroatoms. The van der Waals surface area contributed by atoms with Crippen molar-refractivity contribution in [1.29, 1.82) is 0 Å². The summed E-state index contributed by atoms with van der Waals surface area (Å²) in [5.41, 5.74) is 3.95. The lowest BCUT2D eigenvalue weighted by Gasteiger charge is -2.28. The number of hydrogen-bond acceptors (Lipinski definition) is 3. The van der Waals surface area contributed by atoms with Crippen LogP contribution in [-0.4, -0.2) is 41.9 Å². The van der Waals surface area contributed by atoms with Crippen LogP contribution in [0.1, 0.15) is 27.9 Å². The van der Waals surface area contributed by atoms with Gasteiger partial charge in [-0.25, -0.2) is 0 Å². The molecule has 1 aliphatic rings. The van der Waals surface area contributed by atoms with Crippen molar-refractivity contribution in [3.05, 3.63) is 97.9 Å². The minimum Gasteiger partial charge on any atom is -0.385 e. The zero-order valence-corrected chi connectivity index (χ0v) is 21.3. The summed E-state index contributed by atoms with van der Waals surface area (Å²) in [6.07, 6.45) is 1.02. The Kier molecular flexibility index (Phi) is 8.31. The lowest BCUT2D eigenvalue weighted by molar-refractivity contribution is 0.0720. The van der Waals surface area contributed by atoms with Crippen LogP contribution in [-0.2, 0) is 13.1 Å². The molecule has 0 spiro atoms. The molecule has 1 amide bonds. The maximum absolute atomic E-state index is 13.5. The van der Waals surface area contributed by atoms with Crippen LogP contribution in [0.2, 0.25) is 10.0 Å². The first-order valence-electron chi connectivity index (χ1n) is 11.0. The Labute approximate surface area is 213 Å². The minimum absolute atomic E-state index is 0.0570. The summed E-state index contributed by atoms with van der Waals surface area (Å²) in [7, 11) is 0. The summed E-state index contributed by atoms with van der Waals surface area (Å²) in [6, 6.07) is 21.7. The second kappa shape index (κ2) is 11.4. The highest BCUT2D eigenvalue weighted by atomic mass is 79.9. The molecule has 0 saturated heterocycles. The van der Waals surface area contributed by atoms with Gasteiger partial charge in [0.2, 0.25) is 0 Å². The van der Waals surface area contributed by atoms with Crippen molar-refractivity contribution < 1.29 is 4.79 Å². The van der Waals surface area contributed by atoms with E-state index < -0.39 is 0 Å². The number of benzene rings is 3. The summed E-state index contributed by atoms with van der Waals surface area (Å²) in [5.74, 6) is -0.0570. The molecule has 0 radical (unpaired) electrons. The fourth-order valence-corrected chi connectivity index (χ4v) is 4.74. The van der Waals surface area contributed by atoms with E-state index in [1.54, 1.807) is 18.2 Å². The number of hydrogen-bond donors (Lipinski definition) is 1. The number of nitrogens with zero attached hydrogens (tertiary/aromatic N) is 2. The molecule has 3 aromatic rings.